The third-order valence-electron chi connectivity index (χ3n) is 2.03. The number of carboxylic acid groups (broad SMARTS) is 1. The summed E-state index contributed by atoms with van der Waals surface area (Å²) >= 11 is 4.70. The van der Waals surface area contributed by atoms with Gasteiger partial charge in [-0.15, -0.1) is 11.3 Å². The molecule has 0 saturated carbocycles. The Balaban J connectivity index is 2.89. The van der Waals surface area contributed by atoms with Gasteiger partial charge in [0.1, 0.15) is 6.10 Å². The lowest BCUT2D eigenvalue weighted by Gasteiger charge is -2.12. The van der Waals surface area contributed by atoms with Crippen LogP contribution in [-0.2, 0) is 4.79 Å². The molecule has 0 fully saturated rings. The normalized spacial score (nSPS) is 15.1. The number of hydrogen-bond acceptors (Lipinski definition) is 3. The first-order valence-electron chi connectivity index (χ1n) is 4.10. The van der Waals surface area contributed by atoms with Crippen LogP contribution in [0.4, 0.5) is 0 Å². The van der Waals surface area contributed by atoms with Crippen LogP contribution >= 0.6 is 27.3 Å². The molecule has 1 heterocycles. The van der Waals surface area contributed by atoms with Crippen LogP contribution in [0, 0.1) is 12.8 Å². The van der Waals surface area contributed by atoms with E-state index < -0.39 is 18.0 Å². The number of carboxylic acids is 1. The summed E-state index contributed by atoms with van der Waals surface area (Å²) in [6.07, 6.45) is -0.928. The summed E-state index contributed by atoms with van der Waals surface area (Å²) in [4.78, 5) is 11.3. The van der Waals surface area contributed by atoms with Crippen molar-refractivity contribution in [1.82, 2.24) is 0 Å². The van der Waals surface area contributed by atoms with E-state index in [1.54, 1.807) is 6.07 Å². The molecule has 3 nitrogen and oxygen atoms in total. The zero-order valence-electron chi connectivity index (χ0n) is 7.82. The maximum atomic E-state index is 10.6. The molecule has 78 valence electrons. The van der Waals surface area contributed by atoms with E-state index in [0.717, 1.165) is 9.35 Å². The van der Waals surface area contributed by atoms with E-state index >= 15 is 0 Å². The van der Waals surface area contributed by atoms with Gasteiger partial charge in [-0.3, -0.25) is 4.79 Å². The molecule has 0 aliphatic carbocycles. The van der Waals surface area contributed by atoms with E-state index in [9.17, 15) is 9.90 Å². The second-order valence-corrected chi connectivity index (χ2v) is 5.58. The number of halogens is 1. The summed E-state index contributed by atoms with van der Waals surface area (Å²) in [5, 5.41) is 18.4. The van der Waals surface area contributed by atoms with Gasteiger partial charge in [0, 0.05) is 4.88 Å². The van der Waals surface area contributed by atoms with Crippen molar-refractivity contribution in [1.29, 1.82) is 0 Å². The first-order chi connectivity index (χ1) is 6.43. The van der Waals surface area contributed by atoms with Crippen LogP contribution in [0.1, 0.15) is 23.5 Å². The molecule has 2 unspecified atom stereocenters. The Morgan fingerprint density at radius 2 is 2.21 bits per heavy atom. The highest BCUT2D eigenvalue weighted by Gasteiger charge is 2.24. The number of rotatable bonds is 3. The molecular weight excluding hydrogens is 268 g/mol. The van der Waals surface area contributed by atoms with Crippen molar-refractivity contribution < 1.29 is 15.0 Å². The molecular formula is C9H11BrO3S. The van der Waals surface area contributed by atoms with Gasteiger partial charge >= 0.3 is 5.97 Å². The molecule has 0 aromatic carbocycles. The van der Waals surface area contributed by atoms with Gasteiger partial charge in [-0.2, -0.15) is 0 Å². The van der Waals surface area contributed by atoms with Crippen molar-refractivity contribution in [2.45, 2.75) is 20.0 Å². The molecule has 0 spiro atoms. The van der Waals surface area contributed by atoms with E-state index in [4.69, 9.17) is 5.11 Å². The van der Waals surface area contributed by atoms with Crippen molar-refractivity contribution in [3.8, 4) is 0 Å². The van der Waals surface area contributed by atoms with Crippen molar-refractivity contribution in [3.05, 3.63) is 20.3 Å². The van der Waals surface area contributed by atoms with Gasteiger partial charge in [0.2, 0.25) is 0 Å². The maximum Gasteiger partial charge on any atom is 0.309 e. The fourth-order valence-electron chi connectivity index (χ4n) is 1.01. The molecule has 0 bridgehead atoms. The molecule has 2 N–H and O–H groups in total. The number of aliphatic hydroxyl groups is 1. The van der Waals surface area contributed by atoms with Crippen LogP contribution < -0.4 is 0 Å². The Morgan fingerprint density at radius 3 is 2.57 bits per heavy atom. The van der Waals surface area contributed by atoms with Gasteiger partial charge in [0.25, 0.3) is 0 Å². The van der Waals surface area contributed by atoms with Crippen molar-refractivity contribution >= 4 is 33.2 Å². The molecule has 5 heteroatoms. The number of aliphatic hydroxyl groups excluding tert-OH is 1. The van der Waals surface area contributed by atoms with Gasteiger partial charge in [-0.05, 0) is 41.4 Å². The largest absolute Gasteiger partial charge is 0.481 e. The third kappa shape index (κ3) is 2.34. The minimum absolute atomic E-state index is 0.685. The van der Waals surface area contributed by atoms with Gasteiger partial charge in [-0.25, -0.2) is 0 Å². The van der Waals surface area contributed by atoms with Crippen molar-refractivity contribution in [2.24, 2.45) is 5.92 Å². The molecule has 1 rings (SSSR count). The van der Waals surface area contributed by atoms with Crippen LogP contribution in [0.3, 0.4) is 0 Å². The molecule has 2 atom stereocenters. The molecule has 1 aromatic heterocycles. The number of carbonyl (C=O) groups is 1. The molecule has 0 radical (unpaired) electrons. The molecule has 14 heavy (non-hydrogen) atoms. The molecule has 0 saturated heterocycles. The lowest BCUT2D eigenvalue weighted by molar-refractivity contribution is -0.144. The SMILES string of the molecule is Cc1cc(C(O)C(C)C(=O)O)sc1Br. The fourth-order valence-corrected chi connectivity index (χ4v) is 2.67. The zero-order chi connectivity index (χ0) is 10.9. The highest BCUT2D eigenvalue weighted by molar-refractivity contribution is 9.11. The Kier molecular flexibility index (Phi) is 3.69. The summed E-state index contributed by atoms with van der Waals surface area (Å²) in [5.41, 5.74) is 1.02. The highest BCUT2D eigenvalue weighted by atomic mass is 79.9. The van der Waals surface area contributed by atoms with E-state index in [1.807, 2.05) is 6.92 Å². The standard InChI is InChI=1S/C9H11BrO3S/c1-4-3-6(14-8(4)10)7(11)5(2)9(12)13/h3,5,7,11H,1-2H3,(H,12,13). The maximum absolute atomic E-state index is 10.6. The third-order valence-corrected chi connectivity index (χ3v) is 4.24. The van der Waals surface area contributed by atoms with Crippen LogP contribution in [0.15, 0.2) is 9.85 Å². The fraction of sp³-hybridized carbons (Fsp3) is 0.444. The average molecular weight is 279 g/mol. The van der Waals surface area contributed by atoms with Crippen LogP contribution in [0.25, 0.3) is 0 Å². The van der Waals surface area contributed by atoms with E-state index in [2.05, 4.69) is 15.9 Å². The van der Waals surface area contributed by atoms with Crippen LogP contribution in [-0.4, -0.2) is 16.2 Å². The van der Waals surface area contributed by atoms with E-state index in [1.165, 1.54) is 18.3 Å². The molecule has 0 amide bonds. The molecule has 0 aliphatic rings. The Bertz CT molecular complexity index is 328. The summed E-state index contributed by atoms with van der Waals surface area (Å²) in [5.74, 6) is -1.76. The van der Waals surface area contributed by atoms with Crippen LogP contribution in [0.5, 0.6) is 0 Å². The Morgan fingerprint density at radius 1 is 1.64 bits per heavy atom. The minimum Gasteiger partial charge on any atom is -0.481 e. The summed E-state index contributed by atoms with van der Waals surface area (Å²) in [7, 11) is 0. The Hall–Kier alpha value is -0.390. The van der Waals surface area contributed by atoms with Gasteiger partial charge < -0.3 is 10.2 Å². The van der Waals surface area contributed by atoms with Gasteiger partial charge in [0.05, 0.1) is 9.70 Å². The highest BCUT2D eigenvalue weighted by Crippen LogP contribution is 2.34. The molecule has 0 aliphatic heterocycles. The van der Waals surface area contributed by atoms with Crippen molar-refractivity contribution in [2.75, 3.05) is 0 Å². The number of aliphatic carboxylic acids is 1. The summed E-state index contributed by atoms with van der Waals surface area (Å²) < 4.78 is 0.934. The number of thiophene rings is 1. The predicted molar refractivity (Wildman–Crippen MR) is 58.5 cm³/mol. The van der Waals surface area contributed by atoms with Crippen molar-refractivity contribution in [3.63, 3.8) is 0 Å². The predicted octanol–water partition coefficient (Wildman–Crippen LogP) is 2.57. The van der Waals surface area contributed by atoms with Crippen LogP contribution in [0.2, 0.25) is 0 Å². The minimum atomic E-state index is -0.986. The smallest absolute Gasteiger partial charge is 0.309 e. The summed E-state index contributed by atoms with van der Waals surface area (Å²) in [6, 6.07) is 1.80. The summed E-state index contributed by atoms with van der Waals surface area (Å²) in [6.45, 7) is 3.40. The second-order valence-electron chi connectivity index (χ2n) is 3.18. The first kappa shape index (κ1) is 11.7. The second kappa shape index (κ2) is 4.42. The number of hydrogen-bond donors (Lipinski definition) is 2. The Labute approximate surface area is 94.5 Å². The monoisotopic (exact) mass is 278 g/mol. The quantitative estimate of drug-likeness (QED) is 0.894. The molecule has 1 aromatic rings. The zero-order valence-corrected chi connectivity index (χ0v) is 10.2. The van der Waals surface area contributed by atoms with Gasteiger partial charge in [0.15, 0.2) is 0 Å². The number of aryl methyl sites for hydroxylation is 1. The lowest BCUT2D eigenvalue weighted by atomic mass is 10.0. The van der Waals surface area contributed by atoms with E-state index in [0.29, 0.717) is 4.88 Å². The topological polar surface area (TPSA) is 57.5 Å². The van der Waals surface area contributed by atoms with E-state index in [-0.39, 0.29) is 0 Å². The lowest BCUT2D eigenvalue weighted by Crippen LogP contribution is -2.17. The first-order valence-corrected chi connectivity index (χ1v) is 5.71. The average Bonchev–Trinajstić information content (AvgIpc) is 2.44. The van der Waals surface area contributed by atoms with Gasteiger partial charge in [-0.1, -0.05) is 0 Å².